The lowest BCUT2D eigenvalue weighted by Crippen LogP contribution is -2.23. The molecule has 0 N–H and O–H groups in total. The van der Waals surface area contributed by atoms with E-state index in [0.29, 0.717) is 40.1 Å². The van der Waals surface area contributed by atoms with Gasteiger partial charge in [-0.05, 0) is 31.2 Å². The minimum Gasteiger partial charge on any atom is -0.493 e. The molecule has 1 aliphatic heterocycles. The lowest BCUT2D eigenvalue weighted by atomic mass is 9.93. The van der Waals surface area contributed by atoms with E-state index in [1.807, 2.05) is 0 Å². The average Bonchev–Trinajstić information content (AvgIpc) is 3.28. The van der Waals surface area contributed by atoms with E-state index in [1.165, 1.54) is 47.5 Å². The minimum atomic E-state index is -0.900. The molecular formula is C23H26O9. The maximum atomic E-state index is 13.1. The Morgan fingerprint density at radius 3 is 2.03 bits per heavy atom. The Kier molecular flexibility index (Phi) is 6.97. The predicted molar refractivity (Wildman–Crippen MR) is 113 cm³/mol. The van der Waals surface area contributed by atoms with Crippen LogP contribution in [0.3, 0.4) is 0 Å². The molecule has 0 unspecified atom stereocenters. The van der Waals surface area contributed by atoms with Crippen molar-refractivity contribution < 1.29 is 42.7 Å². The van der Waals surface area contributed by atoms with Crippen LogP contribution in [0.25, 0.3) is 0 Å². The molecule has 0 aliphatic carbocycles. The Morgan fingerprint density at radius 2 is 1.50 bits per heavy atom. The monoisotopic (exact) mass is 446 g/mol. The number of esters is 1. The Labute approximate surface area is 186 Å². The number of hydrogen-bond donors (Lipinski definition) is 0. The topological polar surface area (TPSA) is 98.8 Å². The summed E-state index contributed by atoms with van der Waals surface area (Å²) in [5.41, 5.74) is 0.711. The number of carbonyl (C=O) groups excluding carboxylic acids is 2. The molecule has 172 valence electrons. The van der Waals surface area contributed by atoms with E-state index in [2.05, 4.69) is 0 Å². The van der Waals surface area contributed by atoms with Gasteiger partial charge in [0, 0.05) is 5.56 Å². The zero-order valence-electron chi connectivity index (χ0n) is 18.8. The molecule has 0 spiro atoms. The molecular weight excluding hydrogens is 420 g/mol. The van der Waals surface area contributed by atoms with Gasteiger partial charge in [0.2, 0.25) is 18.3 Å². The molecule has 0 bridgehead atoms. The Morgan fingerprint density at radius 1 is 0.875 bits per heavy atom. The van der Waals surface area contributed by atoms with Gasteiger partial charge in [0.1, 0.15) is 11.9 Å². The summed E-state index contributed by atoms with van der Waals surface area (Å²) in [4.78, 5) is 25.3. The van der Waals surface area contributed by atoms with E-state index in [4.69, 9.17) is 33.2 Å². The van der Waals surface area contributed by atoms with E-state index in [-0.39, 0.29) is 18.1 Å². The van der Waals surface area contributed by atoms with Crippen molar-refractivity contribution in [3.05, 3.63) is 35.4 Å². The number of ketones is 1. The van der Waals surface area contributed by atoms with Gasteiger partial charge in [-0.3, -0.25) is 4.79 Å². The van der Waals surface area contributed by atoms with Gasteiger partial charge < -0.3 is 33.2 Å². The molecule has 9 heteroatoms. The van der Waals surface area contributed by atoms with Gasteiger partial charge in [0.15, 0.2) is 23.0 Å². The first kappa shape index (κ1) is 23.1. The van der Waals surface area contributed by atoms with Crippen LogP contribution in [0.5, 0.6) is 34.5 Å². The molecule has 0 radical (unpaired) electrons. The van der Waals surface area contributed by atoms with Gasteiger partial charge in [-0.2, -0.15) is 0 Å². The van der Waals surface area contributed by atoms with E-state index < -0.39 is 18.0 Å². The van der Waals surface area contributed by atoms with Crippen molar-refractivity contribution in [3.63, 3.8) is 0 Å². The summed E-state index contributed by atoms with van der Waals surface area (Å²) in [5.74, 6) is 0.833. The van der Waals surface area contributed by atoms with Crippen LogP contribution in [0.4, 0.5) is 0 Å². The molecule has 9 nitrogen and oxygen atoms in total. The fraction of sp³-hybridized carbons (Fsp3) is 0.391. The Bertz CT molecular complexity index is 990. The summed E-state index contributed by atoms with van der Waals surface area (Å²) in [6.45, 7) is 3.18. The van der Waals surface area contributed by atoms with Crippen molar-refractivity contribution in [2.24, 2.45) is 5.92 Å². The van der Waals surface area contributed by atoms with Gasteiger partial charge >= 0.3 is 5.97 Å². The zero-order valence-corrected chi connectivity index (χ0v) is 18.8. The number of methoxy groups -OCH3 is 4. The molecule has 0 saturated heterocycles. The molecule has 3 rings (SSSR count). The number of hydrogen-bond acceptors (Lipinski definition) is 9. The lowest BCUT2D eigenvalue weighted by Gasteiger charge is -2.24. The summed E-state index contributed by atoms with van der Waals surface area (Å²) in [5, 5.41) is 0. The summed E-state index contributed by atoms with van der Waals surface area (Å²) in [7, 11) is 5.86. The second kappa shape index (κ2) is 9.67. The minimum absolute atomic E-state index is 0.0489. The molecule has 32 heavy (non-hydrogen) atoms. The van der Waals surface area contributed by atoms with Gasteiger partial charge in [-0.15, -0.1) is 0 Å². The normalized spacial score (nSPS) is 13.7. The molecule has 0 fully saturated rings. The number of benzene rings is 2. The number of Topliss-reactive ketones (excluding diaryl/α,β-unsaturated/α-hetero) is 1. The van der Waals surface area contributed by atoms with Gasteiger partial charge in [-0.1, -0.05) is 6.92 Å². The summed E-state index contributed by atoms with van der Waals surface area (Å²) in [6, 6.07) is 6.32. The first-order valence-electron chi connectivity index (χ1n) is 9.83. The first-order valence-corrected chi connectivity index (χ1v) is 9.83. The highest BCUT2D eigenvalue weighted by molar-refractivity contribution is 5.92. The van der Waals surface area contributed by atoms with Crippen molar-refractivity contribution in [1.82, 2.24) is 0 Å². The molecule has 2 atom stereocenters. The molecule has 2 aromatic carbocycles. The fourth-order valence-electron chi connectivity index (χ4n) is 3.37. The standard InChI is InChI=1S/C23H26O9/c1-12(13(2)24)20(14-7-18(28-5)22-19(8-14)30-11-31-22)32-23(25)15-9-16(26-3)21(29-6)17(10-15)27-4/h7-10,12,20H,11H2,1-6H3/t12-,20+/m0/s1. The molecule has 1 aliphatic rings. The van der Waals surface area contributed by atoms with Crippen LogP contribution < -0.4 is 28.4 Å². The molecule has 0 aromatic heterocycles. The number of rotatable bonds is 9. The predicted octanol–water partition coefficient (Wildman–Crippen LogP) is 3.57. The number of ether oxygens (including phenoxy) is 7. The quantitative estimate of drug-likeness (QED) is 0.535. The van der Waals surface area contributed by atoms with Crippen LogP contribution in [-0.2, 0) is 9.53 Å². The van der Waals surface area contributed by atoms with Crippen molar-refractivity contribution in [2.75, 3.05) is 35.2 Å². The maximum Gasteiger partial charge on any atom is 0.339 e. The van der Waals surface area contributed by atoms with Crippen molar-refractivity contribution >= 4 is 11.8 Å². The third kappa shape index (κ3) is 4.37. The largest absolute Gasteiger partial charge is 0.493 e. The van der Waals surface area contributed by atoms with Crippen LogP contribution in [0.2, 0.25) is 0 Å². The molecule has 0 amide bonds. The van der Waals surface area contributed by atoms with E-state index in [9.17, 15) is 9.59 Å². The van der Waals surface area contributed by atoms with E-state index in [0.717, 1.165) is 0 Å². The number of fused-ring (bicyclic) bond motifs is 1. The second-order valence-electron chi connectivity index (χ2n) is 7.10. The second-order valence-corrected chi connectivity index (χ2v) is 7.10. The van der Waals surface area contributed by atoms with Crippen LogP contribution in [0, 0.1) is 5.92 Å². The lowest BCUT2D eigenvalue weighted by molar-refractivity contribution is -0.123. The van der Waals surface area contributed by atoms with E-state index >= 15 is 0 Å². The number of carbonyl (C=O) groups is 2. The highest BCUT2D eigenvalue weighted by atomic mass is 16.7. The van der Waals surface area contributed by atoms with Crippen LogP contribution in [0.1, 0.15) is 35.9 Å². The first-order chi connectivity index (χ1) is 15.3. The van der Waals surface area contributed by atoms with Gasteiger partial charge in [0.05, 0.1) is 39.9 Å². The summed E-state index contributed by atoms with van der Waals surface area (Å²) < 4.78 is 38.0. The average molecular weight is 446 g/mol. The van der Waals surface area contributed by atoms with Gasteiger partial charge in [-0.25, -0.2) is 4.79 Å². The third-order valence-electron chi connectivity index (χ3n) is 5.24. The van der Waals surface area contributed by atoms with Crippen LogP contribution in [0.15, 0.2) is 24.3 Å². The molecule has 2 aromatic rings. The fourth-order valence-corrected chi connectivity index (χ4v) is 3.37. The Hall–Kier alpha value is -3.62. The highest BCUT2D eigenvalue weighted by Crippen LogP contribution is 2.45. The van der Waals surface area contributed by atoms with Crippen LogP contribution >= 0.6 is 0 Å². The molecule has 1 heterocycles. The van der Waals surface area contributed by atoms with Crippen molar-refractivity contribution in [3.8, 4) is 34.5 Å². The summed E-state index contributed by atoms with van der Waals surface area (Å²) in [6.07, 6.45) is -0.900. The van der Waals surface area contributed by atoms with E-state index in [1.54, 1.807) is 19.1 Å². The van der Waals surface area contributed by atoms with Crippen LogP contribution in [-0.4, -0.2) is 47.0 Å². The zero-order chi connectivity index (χ0) is 23.4. The van der Waals surface area contributed by atoms with Crippen molar-refractivity contribution in [1.29, 1.82) is 0 Å². The third-order valence-corrected chi connectivity index (χ3v) is 5.24. The SMILES string of the molecule is COc1cc(C(=O)O[C@@H](c2cc(OC)c3c(c2)OCO3)[C@@H](C)C(C)=O)cc(OC)c1OC. The maximum absolute atomic E-state index is 13.1. The highest BCUT2D eigenvalue weighted by Gasteiger charge is 2.31. The Balaban J connectivity index is 2.01. The van der Waals surface area contributed by atoms with Gasteiger partial charge in [0.25, 0.3) is 0 Å². The van der Waals surface area contributed by atoms with Crippen molar-refractivity contribution in [2.45, 2.75) is 20.0 Å². The smallest absolute Gasteiger partial charge is 0.339 e. The molecule has 0 saturated carbocycles. The summed E-state index contributed by atoms with van der Waals surface area (Å²) >= 11 is 0.